The molecule has 148 valence electrons. The lowest BCUT2D eigenvalue weighted by Gasteiger charge is -2.32. The molecule has 2 rings (SSSR count). The monoisotopic (exact) mass is 494 g/mol. The van der Waals surface area contributed by atoms with E-state index < -0.39 is 0 Å². The molecule has 1 aliphatic rings. The highest BCUT2D eigenvalue weighted by molar-refractivity contribution is 14.0. The highest BCUT2D eigenvalue weighted by atomic mass is 127. The minimum atomic E-state index is 0. The van der Waals surface area contributed by atoms with Crippen molar-refractivity contribution in [1.82, 2.24) is 15.5 Å². The Morgan fingerprint density at radius 3 is 2.85 bits per heavy atom. The summed E-state index contributed by atoms with van der Waals surface area (Å²) in [6, 6.07) is 5.81. The van der Waals surface area contributed by atoms with Crippen molar-refractivity contribution >= 4 is 41.5 Å². The normalized spacial score (nSPS) is 18.2. The fourth-order valence-electron chi connectivity index (χ4n) is 3.24. The summed E-state index contributed by atoms with van der Waals surface area (Å²) < 4.78 is 5.18. The third kappa shape index (κ3) is 7.48. The Labute approximate surface area is 179 Å². The zero-order valence-corrected chi connectivity index (χ0v) is 19.1. The quantitative estimate of drug-likeness (QED) is 0.347. The highest BCUT2D eigenvalue weighted by Crippen LogP contribution is 2.22. The molecule has 1 saturated heterocycles. The summed E-state index contributed by atoms with van der Waals surface area (Å²) in [6.07, 6.45) is 3.43. The van der Waals surface area contributed by atoms with Crippen LogP contribution in [0.3, 0.4) is 0 Å². The van der Waals surface area contributed by atoms with Gasteiger partial charge in [0.05, 0.1) is 7.11 Å². The molecule has 1 aromatic carbocycles. The fraction of sp³-hybridized carbons (Fsp3) is 0.632. The maximum absolute atomic E-state index is 6.29. The molecule has 26 heavy (non-hydrogen) atoms. The van der Waals surface area contributed by atoms with E-state index >= 15 is 0 Å². The Morgan fingerprint density at radius 2 is 2.19 bits per heavy atom. The Bertz CT molecular complexity index is 570. The van der Waals surface area contributed by atoms with Crippen LogP contribution in [-0.2, 0) is 6.42 Å². The predicted octanol–water partition coefficient (Wildman–Crippen LogP) is 3.41. The first-order valence-corrected chi connectivity index (χ1v) is 9.53. The number of benzene rings is 1. The van der Waals surface area contributed by atoms with Gasteiger partial charge in [-0.05, 0) is 56.0 Å². The molecule has 1 fully saturated rings. The van der Waals surface area contributed by atoms with E-state index in [9.17, 15) is 0 Å². The van der Waals surface area contributed by atoms with Crippen molar-refractivity contribution < 1.29 is 4.74 Å². The van der Waals surface area contributed by atoms with Crippen molar-refractivity contribution in [3.63, 3.8) is 0 Å². The lowest BCUT2D eigenvalue weighted by atomic mass is 9.98. The van der Waals surface area contributed by atoms with E-state index in [1.165, 1.54) is 25.9 Å². The smallest absolute Gasteiger partial charge is 0.190 e. The third-order valence-electron chi connectivity index (χ3n) is 4.78. The van der Waals surface area contributed by atoms with E-state index in [0.29, 0.717) is 5.92 Å². The second-order valence-electron chi connectivity index (χ2n) is 6.49. The molecule has 0 aliphatic carbocycles. The summed E-state index contributed by atoms with van der Waals surface area (Å²) in [6.45, 7) is 7.56. The molecule has 0 saturated carbocycles. The number of piperidine rings is 1. The Kier molecular flexibility index (Phi) is 11.3. The Hall–Kier alpha value is -0.730. The Balaban J connectivity index is 0.00000338. The largest absolute Gasteiger partial charge is 0.497 e. The van der Waals surface area contributed by atoms with Crippen LogP contribution in [0.2, 0.25) is 5.02 Å². The number of hydrogen-bond acceptors (Lipinski definition) is 3. The zero-order chi connectivity index (χ0) is 18.1. The number of hydrogen-bond donors (Lipinski definition) is 2. The molecule has 0 radical (unpaired) electrons. The number of aliphatic imine (C=N–C) groups is 1. The summed E-state index contributed by atoms with van der Waals surface area (Å²) >= 11 is 6.29. The van der Waals surface area contributed by atoms with Gasteiger partial charge in [-0.25, -0.2) is 0 Å². The first kappa shape index (κ1) is 23.3. The van der Waals surface area contributed by atoms with Crippen molar-refractivity contribution in [3.8, 4) is 5.75 Å². The predicted molar refractivity (Wildman–Crippen MR) is 121 cm³/mol. The Morgan fingerprint density at radius 1 is 1.38 bits per heavy atom. The van der Waals surface area contributed by atoms with Gasteiger partial charge in [-0.3, -0.25) is 4.99 Å². The van der Waals surface area contributed by atoms with Crippen LogP contribution in [0.4, 0.5) is 0 Å². The zero-order valence-electron chi connectivity index (χ0n) is 16.1. The molecule has 0 aromatic heterocycles. The standard InChI is InChI=1S/C19H31ClN4O.HI/c1-4-24-11-5-6-15(14-24)13-23-19(21-2)22-10-9-16-7-8-17(25-3)12-18(16)20;/h7-8,12,15H,4-6,9-11,13-14H2,1-3H3,(H2,21,22,23);1H. The van der Waals surface area contributed by atoms with Gasteiger partial charge in [-0.2, -0.15) is 0 Å². The molecule has 2 N–H and O–H groups in total. The van der Waals surface area contributed by atoms with Crippen molar-refractivity contribution in [2.24, 2.45) is 10.9 Å². The molecule has 1 atom stereocenters. The SMILES string of the molecule is CCN1CCCC(CNC(=NC)NCCc2ccc(OC)cc2Cl)C1.I. The van der Waals surface area contributed by atoms with Crippen LogP contribution in [-0.4, -0.2) is 57.7 Å². The van der Waals surface area contributed by atoms with Gasteiger partial charge < -0.3 is 20.3 Å². The molecule has 1 heterocycles. The minimum Gasteiger partial charge on any atom is -0.497 e. The summed E-state index contributed by atoms with van der Waals surface area (Å²) in [5.74, 6) is 2.34. The lowest BCUT2D eigenvalue weighted by Crippen LogP contribution is -2.44. The molecular weight excluding hydrogens is 463 g/mol. The van der Waals surface area contributed by atoms with Crippen LogP contribution in [0, 0.1) is 5.92 Å². The second-order valence-corrected chi connectivity index (χ2v) is 6.90. The summed E-state index contributed by atoms with van der Waals surface area (Å²) in [4.78, 5) is 6.85. The van der Waals surface area contributed by atoms with Crippen LogP contribution >= 0.6 is 35.6 Å². The first-order chi connectivity index (χ1) is 12.2. The number of rotatable bonds is 7. The highest BCUT2D eigenvalue weighted by Gasteiger charge is 2.18. The van der Waals surface area contributed by atoms with Gasteiger partial charge in [0.25, 0.3) is 0 Å². The molecule has 1 unspecified atom stereocenters. The number of guanidine groups is 1. The van der Waals surface area contributed by atoms with E-state index in [0.717, 1.165) is 48.4 Å². The van der Waals surface area contributed by atoms with Crippen molar-refractivity contribution in [3.05, 3.63) is 28.8 Å². The number of nitrogens with zero attached hydrogens (tertiary/aromatic N) is 2. The molecule has 0 bridgehead atoms. The van der Waals surface area contributed by atoms with Gasteiger partial charge >= 0.3 is 0 Å². The van der Waals surface area contributed by atoms with E-state index in [-0.39, 0.29) is 24.0 Å². The number of halogens is 2. The summed E-state index contributed by atoms with van der Waals surface area (Å²) in [7, 11) is 3.46. The van der Waals surface area contributed by atoms with E-state index in [1.54, 1.807) is 7.11 Å². The van der Waals surface area contributed by atoms with Crippen LogP contribution < -0.4 is 15.4 Å². The van der Waals surface area contributed by atoms with Crippen LogP contribution in [0.25, 0.3) is 0 Å². The average Bonchev–Trinajstić information content (AvgIpc) is 2.65. The first-order valence-electron chi connectivity index (χ1n) is 9.15. The summed E-state index contributed by atoms with van der Waals surface area (Å²) in [5.41, 5.74) is 1.11. The summed E-state index contributed by atoms with van der Waals surface area (Å²) in [5, 5.41) is 7.58. The number of methoxy groups -OCH3 is 1. The van der Waals surface area contributed by atoms with Gasteiger partial charge in [0.2, 0.25) is 0 Å². The van der Waals surface area contributed by atoms with Gasteiger partial charge in [-0.1, -0.05) is 24.6 Å². The minimum absolute atomic E-state index is 0. The van der Waals surface area contributed by atoms with Gasteiger partial charge in [0, 0.05) is 31.7 Å². The second kappa shape index (κ2) is 12.6. The molecule has 1 aromatic rings. The number of ether oxygens (including phenoxy) is 1. The van der Waals surface area contributed by atoms with Crippen molar-refractivity contribution in [2.45, 2.75) is 26.2 Å². The van der Waals surface area contributed by atoms with Gasteiger partial charge in [0.15, 0.2) is 5.96 Å². The van der Waals surface area contributed by atoms with Crippen molar-refractivity contribution in [1.29, 1.82) is 0 Å². The molecule has 0 spiro atoms. The van der Waals surface area contributed by atoms with Crippen LogP contribution in [0.5, 0.6) is 5.75 Å². The molecule has 5 nitrogen and oxygen atoms in total. The van der Waals surface area contributed by atoms with E-state index in [4.69, 9.17) is 16.3 Å². The third-order valence-corrected chi connectivity index (χ3v) is 5.13. The number of nitrogens with one attached hydrogen (secondary N) is 2. The van der Waals surface area contributed by atoms with E-state index in [2.05, 4.69) is 27.4 Å². The van der Waals surface area contributed by atoms with Gasteiger partial charge in [0.1, 0.15) is 5.75 Å². The van der Waals surface area contributed by atoms with Crippen LogP contribution in [0.1, 0.15) is 25.3 Å². The van der Waals surface area contributed by atoms with Gasteiger partial charge in [-0.15, -0.1) is 24.0 Å². The van der Waals surface area contributed by atoms with Crippen molar-refractivity contribution in [2.75, 3.05) is 46.9 Å². The van der Waals surface area contributed by atoms with Crippen LogP contribution in [0.15, 0.2) is 23.2 Å². The van der Waals surface area contributed by atoms with E-state index in [1.807, 2.05) is 25.2 Å². The molecule has 7 heteroatoms. The molecule has 1 aliphatic heterocycles. The molecular formula is C19H32ClIN4O. The maximum atomic E-state index is 6.29. The maximum Gasteiger partial charge on any atom is 0.190 e. The fourth-order valence-corrected chi connectivity index (χ4v) is 3.51. The molecule has 0 amide bonds. The average molecular weight is 495 g/mol. The topological polar surface area (TPSA) is 48.9 Å². The number of likely N-dealkylation sites (tertiary alicyclic amines) is 1. The lowest BCUT2D eigenvalue weighted by molar-refractivity contribution is 0.183.